The summed E-state index contributed by atoms with van der Waals surface area (Å²) in [5, 5.41) is 3.14. The lowest BCUT2D eigenvalue weighted by molar-refractivity contribution is -0.122. The first-order chi connectivity index (χ1) is 14.2. The number of benzene rings is 1. The Morgan fingerprint density at radius 3 is 2.86 bits per heavy atom. The zero-order chi connectivity index (χ0) is 20.1. The van der Waals surface area contributed by atoms with Crippen LogP contribution in [0.5, 0.6) is 0 Å². The summed E-state index contributed by atoms with van der Waals surface area (Å²) in [6, 6.07) is 12.1. The number of rotatable bonds is 6. The van der Waals surface area contributed by atoms with Crippen LogP contribution in [0, 0.1) is 0 Å². The molecule has 0 bridgehead atoms. The van der Waals surface area contributed by atoms with Crippen molar-refractivity contribution in [1.29, 1.82) is 0 Å². The predicted molar refractivity (Wildman–Crippen MR) is 112 cm³/mol. The van der Waals surface area contributed by atoms with Crippen molar-refractivity contribution < 1.29 is 4.79 Å². The SMILES string of the molecule is CC(NC(=O)CC1CCCCN1c1ccnc(-n2ccnc2)n1)c1ccccc1. The molecule has 3 heterocycles. The Hall–Kier alpha value is -3.22. The number of piperidine rings is 1. The highest BCUT2D eigenvalue weighted by Crippen LogP contribution is 2.25. The number of carbonyl (C=O) groups excluding carboxylic acids is 1. The van der Waals surface area contributed by atoms with E-state index in [0.29, 0.717) is 12.4 Å². The highest BCUT2D eigenvalue weighted by Gasteiger charge is 2.26. The summed E-state index contributed by atoms with van der Waals surface area (Å²) in [6.07, 6.45) is 10.7. The van der Waals surface area contributed by atoms with Crippen LogP contribution in [-0.2, 0) is 4.79 Å². The van der Waals surface area contributed by atoms with Crippen molar-refractivity contribution in [2.75, 3.05) is 11.4 Å². The lowest BCUT2D eigenvalue weighted by Crippen LogP contribution is -2.43. The van der Waals surface area contributed by atoms with Crippen molar-refractivity contribution in [3.05, 3.63) is 66.9 Å². The summed E-state index contributed by atoms with van der Waals surface area (Å²) < 4.78 is 1.79. The van der Waals surface area contributed by atoms with E-state index in [1.54, 1.807) is 23.3 Å². The first kappa shape index (κ1) is 19.1. The van der Waals surface area contributed by atoms with Crippen molar-refractivity contribution in [2.45, 2.75) is 44.7 Å². The minimum absolute atomic E-state index is 0.00682. The molecule has 1 saturated heterocycles. The molecule has 2 unspecified atom stereocenters. The van der Waals surface area contributed by atoms with Gasteiger partial charge in [-0.05, 0) is 37.8 Å². The minimum Gasteiger partial charge on any atom is -0.353 e. The van der Waals surface area contributed by atoms with Gasteiger partial charge in [-0.15, -0.1) is 0 Å². The first-order valence-corrected chi connectivity index (χ1v) is 10.1. The molecule has 29 heavy (non-hydrogen) atoms. The Bertz CT molecular complexity index is 927. The average molecular weight is 390 g/mol. The molecule has 1 amide bonds. The number of hydrogen-bond donors (Lipinski definition) is 1. The number of nitrogens with one attached hydrogen (secondary N) is 1. The molecule has 1 fully saturated rings. The molecule has 0 aliphatic carbocycles. The van der Waals surface area contributed by atoms with Gasteiger partial charge in [0.15, 0.2) is 0 Å². The molecule has 150 valence electrons. The van der Waals surface area contributed by atoms with Crippen LogP contribution in [0.3, 0.4) is 0 Å². The second-order valence-electron chi connectivity index (χ2n) is 7.43. The van der Waals surface area contributed by atoms with Crippen molar-refractivity contribution in [2.24, 2.45) is 0 Å². The van der Waals surface area contributed by atoms with Gasteiger partial charge in [0.25, 0.3) is 0 Å². The highest BCUT2D eigenvalue weighted by molar-refractivity contribution is 5.77. The minimum atomic E-state index is -0.00682. The molecular formula is C22H26N6O. The van der Waals surface area contributed by atoms with Gasteiger partial charge in [-0.25, -0.2) is 9.97 Å². The van der Waals surface area contributed by atoms with Crippen LogP contribution in [-0.4, -0.2) is 38.0 Å². The molecule has 2 atom stereocenters. The summed E-state index contributed by atoms with van der Waals surface area (Å²) in [5.74, 6) is 1.52. The van der Waals surface area contributed by atoms with Crippen molar-refractivity contribution in [3.8, 4) is 5.95 Å². The van der Waals surface area contributed by atoms with Gasteiger partial charge in [0, 0.05) is 37.6 Å². The molecule has 0 radical (unpaired) electrons. The van der Waals surface area contributed by atoms with Gasteiger partial charge in [-0.2, -0.15) is 4.98 Å². The largest absolute Gasteiger partial charge is 0.353 e. The molecule has 7 heteroatoms. The molecule has 3 aromatic rings. The van der Waals surface area contributed by atoms with Crippen LogP contribution < -0.4 is 10.2 Å². The fraction of sp³-hybridized carbons (Fsp3) is 0.364. The molecular weight excluding hydrogens is 364 g/mol. The maximum Gasteiger partial charge on any atom is 0.236 e. The van der Waals surface area contributed by atoms with E-state index in [0.717, 1.165) is 37.2 Å². The third-order valence-electron chi connectivity index (χ3n) is 5.38. The Kier molecular flexibility index (Phi) is 5.84. The Morgan fingerprint density at radius 1 is 1.21 bits per heavy atom. The second-order valence-corrected chi connectivity index (χ2v) is 7.43. The standard InChI is InChI=1S/C22H26N6O/c1-17(18-7-3-2-4-8-18)25-21(29)15-19-9-5-6-13-28(19)20-10-11-24-22(26-20)27-14-12-23-16-27/h2-4,7-8,10-12,14,16-17,19H,5-6,9,13,15H2,1H3,(H,25,29). The van der Waals surface area contributed by atoms with Gasteiger partial charge in [-0.3, -0.25) is 9.36 Å². The number of hydrogen-bond acceptors (Lipinski definition) is 5. The molecule has 0 saturated carbocycles. The van der Waals surface area contributed by atoms with E-state index in [4.69, 9.17) is 4.98 Å². The van der Waals surface area contributed by atoms with Crippen LogP contribution >= 0.6 is 0 Å². The monoisotopic (exact) mass is 390 g/mol. The van der Waals surface area contributed by atoms with Crippen LogP contribution in [0.1, 0.15) is 44.2 Å². The molecule has 1 aromatic carbocycles. The average Bonchev–Trinajstić information content (AvgIpc) is 3.30. The van der Waals surface area contributed by atoms with E-state index in [1.165, 1.54) is 0 Å². The Labute approximate surface area is 170 Å². The number of amides is 1. The molecule has 1 N–H and O–H groups in total. The number of imidazole rings is 1. The molecule has 4 rings (SSSR count). The summed E-state index contributed by atoms with van der Waals surface area (Å²) in [7, 11) is 0. The number of carbonyl (C=O) groups is 1. The van der Waals surface area contributed by atoms with Crippen molar-refractivity contribution in [1.82, 2.24) is 24.8 Å². The normalized spacial score (nSPS) is 17.7. The first-order valence-electron chi connectivity index (χ1n) is 10.1. The topological polar surface area (TPSA) is 75.9 Å². The lowest BCUT2D eigenvalue weighted by atomic mass is 9.98. The van der Waals surface area contributed by atoms with Gasteiger partial charge < -0.3 is 10.2 Å². The number of anilines is 1. The van der Waals surface area contributed by atoms with E-state index >= 15 is 0 Å². The third-order valence-corrected chi connectivity index (χ3v) is 5.38. The van der Waals surface area contributed by atoms with Crippen molar-refractivity contribution >= 4 is 11.7 Å². The van der Waals surface area contributed by atoms with Crippen LogP contribution in [0.4, 0.5) is 5.82 Å². The second kappa shape index (κ2) is 8.86. The maximum atomic E-state index is 12.7. The Morgan fingerprint density at radius 2 is 2.07 bits per heavy atom. The van der Waals surface area contributed by atoms with Gasteiger partial charge >= 0.3 is 0 Å². The third kappa shape index (κ3) is 4.62. The highest BCUT2D eigenvalue weighted by atomic mass is 16.1. The fourth-order valence-corrected chi connectivity index (χ4v) is 3.85. The smallest absolute Gasteiger partial charge is 0.236 e. The zero-order valence-electron chi connectivity index (χ0n) is 16.6. The van der Waals surface area contributed by atoms with Crippen molar-refractivity contribution in [3.63, 3.8) is 0 Å². The van der Waals surface area contributed by atoms with Gasteiger partial charge in [0.2, 0.25) is 11.9 Å². The van der Waals surface area contributed by atoms with Crippen LogP contribution in [0.2, 0.25) is 0 Å². The summed E-state index contributed by atoms with van der Waals surface area (Å²) >= 11 is 0. The molecule has 1 aliphatic rings. The summed E-state index contributed by atoms with van der Waals surface area (Å²) in [6.45, 7) is 2.92. The molecule has 2 aromatic heterocycles. The molecule has 1 aliphatic heterocycles. The maximum absolute atomic E-state index is 12.7. The van der Waals surface area contributed by atoms with E-state index < -0.39 is 0 Å². The predicted octanol–water partition coefficient (Wildman–Crippen LogP) is 3.29. The van der Waals surface area contributed by atoms with E-state index in [1.807, 2.05) is 49.5 Å². The van der Waals surface area contributed by atoms with Crippen LogP contribution in [0.25, 0.3) is 5.95 Å². The van der Waals surface area contributed by atoms with Gasteiger partial charge in [-0.1, -0.05) is 30.3 Å². The summed E-state index contributed by atoms with van der Waals surface area (Å²) in [4.78, 5) is 28.1. The fourth-order valence-electron chi connectivity index (χ4n) is 3.85. The molecule has 0 spiro atoms. The zero-order valence-corrected chi connectivity index (χ0v) is 16.6. The Balaban J connectivity index is 1.45. The quantitative estimate of drug-likeness (QED) is 0.699. The van der Waals surface area contributed by atoms with Gasteiger partial charge in [0.05, 0.1) is 6.04 Å². The number of nitrogens with zero attached hydrogens (tertiary/aromatic N) is 5. The van der Waals surface area contributed by atoms with E-state index in [9.17, 15) is 4.79 Å². The lowest BCUT2D eigenvalue weighted by Gasteiger charge is -2.36. The van der Waals surface area contributed by atoms with Crippen LogP contribution in [0.15, 0.2) is 61.3 Å². The summed E-state index contributed by atoms with van der Waals surface area (Å²) in [5.41, 5.74) is 1.11. The molecule has 7 nitrogen and oxygen atoms in total. The van der Waals surface area contributed by atoms with E-state index in [-0.39, 0.29) is 18.0 Å². The van der Waals surface area contributed by atoms with Gasteiger partial charge in [0.1, 0.15) is 12.1 Å². The number of aromatic nitrogens is 4. The van der Waals surface area contributed by atoms with E-state index in [2.05, 4.69) is 20.2 Å².